The Hall–Kier alpha value is -2.68. The van der Waals surface area contributed by atoms with Crippen molar-refractivity contribution in [1.29, 1.82) is 0 Å². The molecule has 4 rings (SSSR count). The summed E-state index contributed by atoms with van der Waals surface area (Å²) in [6.45, 7) is 0. The molecule has 3 aromatic rings. The minimum absolute atomic E-state index is 0.0536. The van der Waals surface area contributed by atoms with Crippen LogP contribution in [0.15, 0.2) is 59.4 Å². The molecule has 0 radical (unpaired) electrons. The largest absolute Gasteiger partial charge is 0.358 e. The molecular formula is C19H15NO2. The molecule has 0 saturated heterocycles. The molecule has 1 heterocycles. The Morgan fingerprint density at radius 3 is 2.41 bits per heavy atom. The van der Waals surface area contributed by atoms with E-state index in [-0.39, 0.29) is 17.1 Å². The molecule has 0 fully saturated rings. The number of fused-ring (bicyclic) bond motifs is 2. The summed E-state index contributed by atoms with van der Waals surface area (Å²) in [4.78, 5) is 28.4. The second-order valence-electron chi connectivity index (χ2n) is 5.79. The fraction of sp³-hybridized carbons (Fsp3) is 0.158. The molecular weight excluding hydrogens is 274 g/mol. The van der Waals surface area contributed by atoms with Gasteiger partial charge >= 0.3 is 0 Å². The molecule has 1 N–H and O–H groups in total. The zero-order valence-electron chi connectivity index (χ0n) is 12.0. The topological polar surface area (TPSA) is 49.9 Å². The Labute approximate surface area is 127 Å². The Balaban J connectivity index is 1.88. The first-order valence-corrected chi connectivity index (χ1v) is 7.46. The van der Waals surface area contributed by atoms with E-state index in [2.05, 4.69) is 4.98 Å². The van der Waals surface area contributed by atoms with Gasteiger partial charge in [-0.25, -0.2) is 0 Å². The monoisotopic (exact) mass is 289 g/mol. The van der Waals surface area contributed by atoms with E-state index >= 15 is 0 Å². The van der Waals surface area contributed by atoms with Gasteiger partial charge in [0, 0.05) is 23.0 Å². The van der Waals surface area contributed by atoms with Crippen LogP contribution in [-0.2, 0) is 6.42 Å². The van der Waals surface area contributed by atoms with Gasteiger partial charge in [-0.05, 0) is 30.0 Å². The highest BCUT2D eigenvalue weighted by Crippen LogP contribution is 2.31. The lowest BCUT2D eigenvalue weighted by molar-refractivity contribution is 0.0962. The number of ketones is 1. The number of carbonyl (C=O) groups excluding carboxylic acids is 1. The summed E-state index contributed by atoms with van der Waals surface area (Å²) >= 11 is 0. The molecule has 1 aromatic heterocycles. The molecule has 2 aromatic carbocycles. The number of aromatic amines is 1. The van der Waals surface area contributed by atoms with Crippen molar-refractivity contribution in [3.8, 4) is 0 Å². The molecule has 3 nitrogen and oxygen atoms in total. The average molecular weight is 289 g/mol. The fourth-order valence-electron chi connectivity index (χ4n) is 3.34. The van der Waals surface area contributed by atoms with Gasteiger partial charge in [0.1, 0.15) is 0 Å². The van der Waals surface area contributed by atoms with Gasteiger partial charge < -0.3 is 4.98 Å². The molecule has 0 aliphatic heterocycles. The second kappa shape index (κ2) is 4.95. The van der Waals surface area contributed by atoms with Crippen LogP contribution in [0, 0.1) is 0 Å². The minimum Gasteiger partial charge on any atom is -0.358 e. The van der Waals surface area contributed by atoms with Crippen molar-refractivity contribution < 1.29 is 4.79 Å². The van der Waals surface area contributed by atoms with E-state index in [0.717, 1.165) is 16.8 Å². The maximum Gasteiger partial charge on any atom is 0.200 e. The third-order valence-electron chi connectivity index (χ3n) is 4.42. The predicted octanol–water partition coefficient (Wildman–Crippen LogP) is 3.44. The smallest absolute Gasteiger partial charge is 0.200 e. The van der Waals surface area contributed by atoms with Crippen molar-refractivity contribution in [2.45, 2.75) is 18.8 Å². The Bertz CT molecular complexity index is 925. The highest BCUT2D eigenvalue weighted by Gasteiger charge is 2.29. The van der Waals surface area contributed by atoms with Crippen molar-refractivity contribution in [1.82, 2.24) is 4.98 Å². The summed E-state index contributed by atoms with van der Waals surface area (Å²) in [5.41, 5.74) is 2.93. The minimum atomic E-state index is -0.138. The van der Waals surface area contributed by atoms with E-state index < -0.39 is 0 Å². The van der Waals surface area contributed by atoms with Gasteiger partial charge in [0.2, 0.25) is 0 Å². The number of rotatable bonds is 1. The molecule has 3 heteroatoms. The number of H-pyrrole nitrogens is 1. The first-order chi connectivity index (χ1) is 10.7. The third kappa shape index (κ3) is 1.98. The average Bonchev–Trinajstić information content (AvgIpc) is 2.55. The summed E-state index contributed by atoms with van der Waals surface area (Å²) in [5.74, 6) is 0.0834. The van der Waals surface area contributed by atoms with E-state index in [4.69, 9.17) is 0 Å². The SMILES string of the molecule is O=C1CC(c2ccccc2)Cc2[nH]c3ccccc3c(=O)c21. The van der Waals surface area contributed by atoms with Gasteiger partial charge in [0.05, 0.1) is 5.56 Å². The standard InChI is InChI=1S/C19H15NO2/c21-17-11-13(12-6-2-1-3-7-12)10-16-18(17)19(22)14-8-4-5-9-15(14)20-16/h1-9,13H,10-11H2,(H,20,22). The Morgan fingerprint density at radius 2 is 1.59 bits per heavy atom. The number of carbonyl (C=O) groups is 1. The number of benzene rings is 2. The molecule has 1 aliphatic carbocycles. The van der Waals surface area contributed by atoms with Crippen LogP contribution in [0.25, 0.3) is 10.9 Å². The van der Waals surface area contributed by atoms with Crippen molar-refractivity contribution >= 4 is 16.7 Å². The molecule has 0 spiro atoms. The van der Waals surface area contributed by atoms with E-state index in [1.165, 1.54) is 0 Å². The quantitative estimate of drug-likeness (QED) is 0.746. The number of para-hydroxylation sites is 1. The third-order valence-corrected chi connectivity index (χ3v) is 4.42. The molecule has 1 aliphatic rings. The summed E-state index contributed by atoms with van der Waals surface area (Å²) in [5, 5.41) is 0.591. The van der Waals surface area contributed by atoms with E-state index in [9.17, 15) is 9.59 Å². The van der Waals surface area contributed by atoms with Crippen LogP contribution in [-0.4, -0.2) is 10.8 Å². The molecule has 22 heavy (non-hydrogen) atoms. The fourth-order valence-corrected chi connectivity index (χ4v) is 3.34. The number of nitrogens with one attached hydrogen (secondary N) is 1. The van der Waals surface area contributed by atoms with Gasteiger partial charge in [-0.2, -0.15) is 0 Å². The molecule has 1 unspecified atom stereocenters. The summed E-state index contributed by atoms with van der Waals surface area (Å²) in [6, 6.07) is 17.4. The van der Waals surface area contributed by atoms with Crippen molar-refractivity contribution in [2.24, 2.45) is 0 Å². The predicted molar refractivity (Wildman–Crippen MR) is 86.4 cm³/mol. The lowest BCUT2D eigenvalue weighted by Gasteiger charge is -2.23. The van der Waals surface area contributed by atoms with Crippen LogP contribution in [0.3, 0.4) is 0 Å². The highest BCUT2D eigenvalue weighted by atomic mass is 16.1. The lowest BCUT2D eigenvalue weighted by atomic mass is 9.81. The molecule has 0 bridgehead atoms. The Kier molecular flexibility index (Phi) is 2.93. The van der Waals surface area contributed by atoms with Crippen molar-refractivity contribution in [2.75, 3.05) is 0 Å². The van der Waals surface area contributed by atoms with Crippen LogP contribution >= 0.6 is 0 Å². The number of hydrogen-bond donors (Lipinski definition) is 1. The van der Waals surface area contributed by atoms with Crippen LogP contribution in [0.5, 0.6) is 0 Å². The molecule has 108 valence electrons. The van der Waals surface area contributed by atoms with Crippen LogP contribution in [0.2, 0.25) is 0 Å². The van der Waals surface area contributed by atoms with E-state index in [0.29, 0.717) is 23.8 Å². The van der Waals surface area contributed by atoms with E-state index in [1.54, 1.807) is 6.07 Å². The van der Waals surface area contributed by atoms with Gasteiger partial charge in [0.25, 0.3) is 0 Å². The highest BCUT2D eigenvalue weighted by molar-refractivity contribution is 6.01. The van der Waals surface area contributed by atoms with Gasteiger partial charge in [-0.1, -0.05) is 42.5 Å². The molecule has 1 atom stereocenters. The summed E-state index contributed by atoms with van der Waals surface area (Å²) in [6.07, 6.45) is 1.10. The lowest BCUT2D eigenvalue weighted by Crippen LogP contribution is -2.27. The zero-order chi connectivity index (χ0) is 15.1. The number of hydrogen-bond acceptors (Lipinski definition) is 2. The maximum atomic E-state index is 12.6. The second-order valence-corrected chi connectivity index (χ2v) is 5.79. The molecule has 0 amide bonds. The van der Waals surface area contributed by atoms with Gasteiger partial charge in [-0.3, -0.25) is 9.59 Å². The maximum absolute atomic E-state index is 12.6. The Morgan fingerprint density at radius 1 is 0.864 bits per heavy atom. The van der Waals surface area contributed by atoms with Crippen LogP contribution in [0.1, 0.15) is 34.0 Å². The number of aromatic nitrogens is 1. The van der Waals surface area contributed by atoms with Crippen LogP contribution in [0.4, 0.5) is 0 Å². The number of pyridine rings is 1. The van der Waals surface area contributed by atoms with Crippen molar-refractivity contribution in [3.05, 3.63) is 81.6 Å². The first-order valence-electron chi connectivity index (χ1n) is 7.46. The zero-order valence-corrected chi connectivity index (χ0v) is 12.0. The van der Waals surface area contributed by atoms with E-state index in [1.807, 2.05) is 48.5 Å². The summed E-state index contributed by atoms with van der Waals surface area (Å²) < 4.78 is 0. The normalized spacial score (nSPS) is 17.5. The first kappa shape index (κ1) is 13.0. The van der Waals surface area contributed by atoms with Crippen molar-refractivity contribution in [3.63, 3.8) is 0 Å². The van der Waals surface area contributed by atoms with Gasteiger partial charge in [0.15, 0.2) is 11.2 Å². The summed E-state index contributed by atoms with van der Waals surface area (Å²) in [7, 11) is 0. The molecule has 0 saturated carbocycles. The number of Topliss-reactive ketones (excluding diaryl/α,β-unsaturated/α-hetero) is 1. The van der Waals surface area contributed by atoms with Gasteiger partial charge in [-0.15, -0.1) is 0 Å². The van der Waals surface area contributed by atoms with Crippen LogP contribution < -0.4 is 5.43 Å².